The first-order valence-electron chi connectivity index (χ1n) is 13.6. The van der Waals surface area contributed by atoms with Gasteiger partial charge < -0.3 is 23.7 Å². The van der Waals surface area contributed by atoms with Gasteiger partial charge in [0.15, 0.2) is 12.2 Å². The molecular formula is C34H28O9. The lowest BCUT2D eigenvalue weighted by atomic mass is 9.98. The molecule has 5 rings (SSSR count). The van der Waals surface area contributed by atoms with Crippen molar-refractivity contribution in [3.05, 3.63) is 144 Å². The van der Waals surface area contributed by atoms with Gasteiger partial charge in [-0.1, -0.05) is 72.8 Å². The van der Waals surface area contributed by atoms with Crippen LogP contribution in [0.15, 0.2) is 121 Å². The Morgan fingerprint density at radius 1 is 0.442 bits per heavy atom. The van der Waals surface area contributed by atoms with Crippen molar-refractivity contribution in [1.82, 2.24) is 0 Å². The maximum Gasteiger partial charge on any atom is 0.340 e. The molecule has 4 aromatic carbocycles. The SMILES string of the molecule is CC1O[C@H](OC(=O)c2ccccc2)C(OC(=O)c2ccccc2)[C@@H](OC(=O)c2ccccc2)[C@H]1OC(=O)c1ccccc1. The first-order valence-corrected chi connectivity index (χ1v) is 13.6. The quantitative estimate of drug-likeness (QED) is 0.203. The Bertz CT molecular complexity index is 1540. The summed E-state index contributed by atoms with van der Waals surface area (Å²) in [6.07, 6.45) is -6.67. The molecular weight excluding hydrogens is 552 g/mol. The fourth-order valence-corrected chi connectivity index (χ4v) is 4.54. The van der Waals surface area contributed by atoms with Crippen LogP contribution in [0.4, 0.5) is 0 Å². The summed E-state index contributed by atoms with van der Waals surface area (Å²) >= 11 is 0. The normalized spacial score (nSPS) is 21.2. The van der Waals surface area contributed by atoms with Crippen LogP contribution in [0, 0.1) is 0 Å². The van der Waals surface area contributed by atoms with Crippen LogP contribution in [0.1, 0.15) is 48.4 Å². The fourth-order valence-electron chi connectivity index (χ4n) is 4.54. The summed E-state index contributed by atoms with van der Waals surface area (Å²) in [6, 6.07) is 32.7. The van der Waals surface area contributed by atoms with Crippen molar-refractivity contribution >= 4 is 23.9 Å². The van der Waals surface area contributed by atoms with E-state index in [4.69, 9.17) is 23.7 Å². The number of benzene rings is 4. The maximum atomic E-state index is 13.3. The molecule has 2 unspecified atom stereocenters. The minimum Gasteiger partial charge on any atom is -0.452 e. The van der Waals surface area contributed by atoms with Gasteiger partial charge in [0.25, 0.3) is 0 Å². The minimum atomic E-state index is -1.52. The predicted molar refractivity (Wildman–Crippen MR) is 153 cm³/mol. The largest absolute Gasteiger partial charge is 0.452 e. The number of hydrogen-bond donors (Lipinski definition) is 0. The van der Waals surface area contributed by atoms with Crippen molar-refractivity contribution in [2.45, 2.75) is 37.6 Å². The van der Waals surface area contributed by atoms with Crippen LogP contribution in [0.3, 0.4) is 0 Å². The first-order chi connectivity index (χ1) is 20.9. The maximum absolute atomic E-state index is 13.3. The standard InChI is InChI=1S/C34H28O9/c1-22-27(40-30(35)23-14-6-2-7-15-23)28(41-31(36)24-16-8-3-9-17-24)29(42-32(37)25-18-10-4-11-19-25)34(39-22)43-33(38)26-20-12-5-13-21-26/h2-22,27-29,34H,1H3/t22?,27-,28-,29?,34+/m0/s1. The van der Waals surface area contributed by atoms with E-state index >= 15 is 0 Å². The molecule has 1 saturated heterocycles. The molecule has 43 heavy (non-hydrogen) atoms. The summed E-state index contributed by atoms with van der Waals surface area (Å²) in [5, 5.41) is 0. The van der Waals surface area contributed by atoms with Crippen LogP contribution in [0.5, 0.6) is 0 Å². The van der Waals surface area contributed by atoms with Crippen LogP contribution in [-0.2, 0) is 23.7 Å². The summed E-state index contributed by atoms with van der Waals surface area (Å²) in [5.74, 6) is -3.03. The molecule has 0 amide bonds. The van der Waals surface area contributed by atoms with E-state index in [0.717, 1.165) is 0 Å². The predicted octanol–water partition coefficient (Wildman–Crippen LogP) is 5.27. The Hall–Kier alpha value is -5.28. The zero-order valence-corrected chi connectivity index (χ0v) is 23.1. The van der Waals surface area contributed by atoms with Gasteiger partial charge in [0.1, 0.15) is 0 Å². The van der Waals surface area contributed by atoms with Gasteiger partial charge in [0, 0.05) is 0 Å². The molecule has 9 heteroatoms. The molecule has 0 aliphatic carbocycles. The van der Waals surface area contributed by atoms with E-state index in [9.17, 15) is 19.2 Å². The highest BCUT2D eigenvalue weighted by Crippen LogP contribution is 2.31. The molecule has 1 heterocycles. The second kappa shape index (κ2) is 13.6. The summed E-state index contributed by atoms with van der Waals surface area (Å²) in [7, 11) is 0. The first kappa shape index (κ1) is 29.2. The molecule has 1 aliphatic heterocycles. The molecule has 1 fully saturated rings. The Morgan fingerprint density at radius 2 is 0.744 bits per heavy atom. The third-order valence-corrected chi connectivity index (χ3v) is 6.72. The van der Waals surface area contributed by atoms with Crippen LogP contribution >= 0.6 is 0 Å². The van der Waals surface area contributed by atoms with Gasteiger partial charge in [-0.3, -0.25) is 0 Å². The number of hydrogen-bond acceptors (Lipinski definition) is 9. The van der Waals surface area contributed by atoms with Gasteiger partial charge in [-0.2, -0.15) is 0 Å². The number of ether oxygens (including phenoxy) is 5. The second-order valence-electron chi connectivity index (χ2n) is 9.69. The average Bonchev–Trinajstić information content (AvgIpc) is 3.05. The van der Waals surface area contributed by atoms with Crippen LogP contribution in [0.25, 0.3) is 0 Å². The molecule has 5 atom stereocenters. The van der Waals surface area contributed by atoms with Crippen molar-refractivity contribution in [1.29, 1.82) is 0 Å². The van der Waals surface area contributed by atoms with E-state index in [1.807, 2.05) is 0 Å². The lowest BCUT2D eigenvalue weighted by Crippen LogP contribution is -2.61. The summed E-state index contributed by atoms with van der Waals surface area (Å²) in [5.41, 5.74) is 0.876. The van der Waals surface area contributed by atoms with Gasteiger partial charge in [-0.05, 0) is 55.5 Å². The summed E-state index contributed by atoms with van der Waals surface area (Å²) in [4.78, 5) is 52.8. The molecule has 1 aliphatic rings. The fraction of sp³-hybridized carbons (Fsp3) is 0.176. The smallest absolute Gasteiger partial charge is 0.340 e. The van der Waals surface area contributed by atoms with E-state index in [2.05, 4.69) is 0 Å². The third-order valence-electron chi connectivity index (χ3n) is 6.72. The average molecular weight is 581 g/mol. The van der Waals surface area contributed by atoms with Crippen LogP contribution in [0.2, 0.25) is 0 Å². The van der Waals surface area contributed by atoms with E-state index in [1.165, 1.54) is 12.1 Å². The van der Waals surface area contributed by atoms with Crippen molar-refractivity contribution in [3.63, 3.8) is 0 Å². The molecule has 0 bridgehead atoms. The molecule has 0 radical (unpaired) electrons. The van der Waals surface area contributed by atoms with Gasteiger partial charge in [0.05, 0.1) is 28.4 Å². The zero-order chi connectivity index (χ0) is 30.2. The van der Waals surface area contributed by atoms with Crippen molar-refractivity contribution in [3.8, 4) is 0 Å². The van der Waals surface area contributed by atoms with Gasteiger partial charge in [-0.15, -0.1) is 0 Å². The van der Waals surface area contributed by atoms with Crippen molar-refractivity contribution in [2.24, 2.45) is 0 Å². The van der Waals surface area contributed by atoms with E-state index in [1.54, 1.807) is 116 Å². The highest BCUT2D eigenvalue weighted by Gasteiger charge is 2.53. The Morgan fingerprint density at radius 3 is 1.12 bits per heavy atom. The summed E-state index contributed by atoms with van der Waals surface area (Å²) in [6.45, 7) is 1.57. The van der Waals surface area contributed by atoms with Crippen LogP contribution in [-0.4, -0.2) is 54.6 Å². The van der Waals surface area contributed by atoms with Gasteiger partial charge in [-0.25, -0.2) is 19.2 Å². The topological polar surface area (TPSA) is 114 Å². The van der Waals surface area contributed by atoms with Gasteiger partial charge >= 0.3 is 23.9 Å². The highest BCUT2D eigenvalue weighted by molar-refractivity contribution is 5.92. The lowest BCUT2D eigenvalue weighted by Gasteiger charge is -2.43. The molecule has 0 saturated carbocycles. The third kappa shape index (κ3) is 7.14. The number of esters is 4. The van der Waals surface area contributed by atoms with Crippen molar-refractivity contribution in [2.75, 3.05) is 0 Å². The highest BCUT2D eigenvalue weighted by atomic mass is 16.7. The van der Waals surface area contributed by atoms with E-state index in [-0.39, 0.29) is 22.3 Å². The minimum absolute atomic E-state index is 0.195. The Balaban J connectivity index is 1.51. The van der Waals surface area contributed by atoms with Gasteiger partial charge in [0.2, 0.25) is 12.4 Å². The van der Waals surface area contributed by atoms with E-state index < -0.39 is 54.6 Å². The summed E-state index contributed by atoms with van der Waals surface area (Å²) < 4.78 is 29.2. The molecule has 0 spiro atoms. The van der Waals surface area contributed by atoms with Crippen molar-refractivity contribution < 1.29 is 42.9 Å². The second-order valence-corrected chi connectivity index (χ2v) is 9.69. The molecule has 4 aromatic rings. The van der Waals surface area contributed by atoms with E-state index in [0.29, 0.717) is 0 Å². The Kier molecular flexibility index (Phi) is 9.23. The molecule has 0 aromatic heterocycles. The lowest BCUT2D eigenvalue weighted by molar-refractivity contribution is -0.274. The van der Waals surface area contributed by atoms with Crippen LogP contribution < -0.4 is 0 Å². The zero-order valence-electron chi connectivity index (χ0n) is 23.1. The Labute approximate surface area is 247 Å². The number of carbonyl (C=O) groups excluding carboxylic acids is 4. The number of rotatable bonds is 8. The monoisotopic (exact) mass is 580 g/mol. The molecule has 9 nitrogen and oxygen atoms in total. The molecule has 0 N–H and O–H groups in total. The number of carbonyl (C=O) groups is 4. The molecule has 218 valence electrons.